The average Bonchev–Trinajstić information content (AvgIpc) is 3.18. The van der Waals surface area contributed by atoms with E-state index in [0.29, 0.717) is 18.5 Å². The van der Waals surface area contributed by atoms with E-state index in [4.69, 9.17) is 0 Å². The first kappa shape index (κ1) is 15.4. The van der Waals surface area contributed by atoms with Gasteiger partial charge < -0.3 is 0 Å². The van der Waals surface area contributed by atoms with Crippen LogP contribution in [0.2, 0.25) is 0 Å². The second-order valence-electron chi connectivity index (χ2n) is 7.12. The Bertz CT molecular complexity index is 754. The van der Waals surface area contributed by atoms with Crippen LogP contribution in [-0.2, 0) is 11.2 Å². The van der Waals surface area contributed by atoms with Crippen LogP contribution in [0.1, 0.15) is 30.4 Å². The Morgan fingerprint density at radius 1 is 1.04 bits per heavy atom. The van der Waals surface area contributed by atoms with Gasteiger partial charge in [-0.05, 0) is 48.4 Å². The molecule has 2 unspecified atom stereocenters. The zero-order chi connectivity index (χ0) is 16.7. The molecule has 2 aromatic rings. The van der Waals surface area contributed by atoms with Crippen LogP contribution >= 0.6 is 0 Å². The second kappa shape index (κ2) is 6.06. The van der Waals surface area contributed by atoms with Gasteiger partial charge in [-0.2, -0.15) is 0 Å². The summed E-state index contributed by atoms with van der Waals surface area (Å²) in [7, 11) is 2.06. The number of aryl methyl sites for hydroxylation is 1. The molecule has 1 saturated carbocycles. The van der Waals surface area contributed by atoms with E-state index in [2.05, 4.69) is 61.4 Å². The van der Waals surface area contributed by atoms with Crippen LogP contribution in [0.15, 0.2) is 48.5 Å². The topological polar surface area (TPSA) is 23.6 Å². The van der Waals surface area contributed by atoms with Crippen molar-refractivity contribution in [2.75, 3.05) is 7.05 Å². The zero-order valence-electron chi connectivity index (χ0n) is 14.4. The fraction of sp³-hybridized carbons (Fsp3) is 0.381. The normalized spacial score (nSPS) is 23.0. The lowest BCUT2D eigenvalue weighted by atomic mass is 9.97. The molecule has 2 aliphatic rings. The lowest BCUT2D eigenvalue weighted by Gasteiger charge is -2.35. The van der Waals surface area contributed by atoms with Crippen LogP contribution < -0.4 is 0 Å². The van der Waals surface area contributed by atoms with Gasteiger partial charge >= 0.3 is 0 Å². The molecule has 2 fully saturated rings. The number of benzene rings is 2. The van der Waals surface area contributed by atoms with E-state index in [9.17, 15) is 4.79 Å². The molecule has 0 N–H and O–H groups in total. The van der Waals surface area contributed by atoms with Gasteiger partial charge in [-0.3, -0.25) is 9.80 Å². The van der Waals surface area contributed by atoms with E-state index in [-0.39, 0.29) is 5.91 Å². The second-order valence-corrected chi connectivity index (χ2v) is 7.12. The van der Waals surface area contributed by atoms with Crippen molar-refractivity contribution < 1.29 is 4.79 Å². The molecule has 1 amide bonds. The molecule has 0 spiro atoms. The third kappa shape index (κ3) is 2.63. The zero-order valence-corrected chi connectivity index (χ0v) is 14.4. The first-order chi connectivity index (χ1) is 11.6. The quantitative estimate of drug-likeness (QED) is 0.858. The molecule has 24 heavy (non-hydrogen) atoms. The van der Waals surface area contributed by atoms with Crippen LogP contribution in [0.4, 0.5) is 0 Å². The maximum absolute atomic E-state index is 12.9. The van der Waals surface area contributed by atoms with E-state index >= 15 is 0 Å². The van der Waals surface area contributed by atoms with Gasteiger partial charge in [-0.1, -0.05) is 48.5 Å². The van der Waals surface area contributed by atoms with Gasteiger partial charge in [0.25, 0.3) is 0 Å². The molecule has 0 radical (unpaired) electrons. The molecule has 1 aliphatic heterocycles. The first-order valence-electron chi connectivity index (χ1n) is 8.83. The average molecular weight is 320 g/mol. The van der Waals surface area contributed by atoms with Crippen molar-refractivity contribution in [1.82, 2.24) is 10.0 Å². The van der Waals surface area contributed by atoms with Crippen LogP contribution in [0, 0.1) is 6.92 Å². The highest BCUT2D eigenvalue weighted by molar-refractivity contribution is 5.80. The molecule has 1 saturated heterocycles. The Labute approximate surface area is 143 Å². The third-order valence-electron chi connectivity index (χ3n) is 5.64. The lowest BCUT2D eigenvalue weighted by molar-refractivity contribution is -0.149. The maximum atomic E-state index is 12.9. The number of amides is 1. The molecule has 2 aromatic carbocycles. The Morgan fingerprint density at radius 3 is 2.50 bits per heavy atom. The summed E-state index contributed by atoms with van der Waals surface area (Å²) in [5.41, 5.74) is 4.71. The summed E-state index contributed by atoms with van der Waals surface area (Å²) in [5, 5.41) is 4.19. The molecule has 124 valence electrons. The van der Waals surface area contributed by atoms with Gasteiger partial charge in [0.15, 0.2) is 0 Å². The van der Waals surface area contributed by atoms with E-state index < -0.39 is 0 Å². The lowest BCUT2D eigenvalue weighted by Crippen LogP contribution is -2.48. The van der Waals surface area contributed by atoms with E-state index in [1.165, 1.54) is 23.1 Å². The fourth-order valence-electron chi connectivity index (χ4n) is 4.23. The number of carbonyl (C=O) groups is 1. The Morgan fingerprint density at radius 2 is 1.79 bits per heavy atom. The van der Waals surface area contributed by atoms with Crippen LogP contribution in [-0.4, -0.2) is 35.1 Å². The van der Waals surface area contributed by atoms with Gasteiger partial charge in [-0.15, -0.1) is 0 Å². The number of rotatable bonds is 3. The van der Waals surface area contributed by atoms with Crippen molar-refractivity contribution in [3.05, 3.63) is 59.7 Å². The highest BCUT2D eigenvalue weighted by atomic mass is 16.2. The predicted octanol–water partition coefficient (Wildman–Crippen LogP) is 3.81. The van der Waals surface area contributed by atoms with E-state index in [0.717, 1.165) is 18.4 Å². The molecule has 1 heterocycles. The van der Waals surface area contributed by atoms with Crippen molar-refractivity contribution in [2.45, 2.75) is 44.7 Å². The van der Waals surface area contributed by atoms with Crippen LogP contribution in [0.25, 0.3) is 11.1 Å². The minimum absolute atomic E-state index is 0.234. The molecule has 1 aliphatic carbocycles. The molecular weight excluding hydrogens is 296 g/mol. The number of nitrogens with zero attached hydrogens (tertiary/aromatic N) is 2. The Balaban J connectivity index is 1.57. The van der Waals surface area contributed by atoms with E-state index in [1.54, 1.807) is 0 Å². The number of hydrogen-bond acceptors (Lipinski definition) is 2. The largest absolute Gasteiger partial charge is 0.273 e. The summed E-state index contributed by atoms with van der Waals surface area (Å²) in [5.74, 6) is 0.234. The van der Waals surface area contributed by atoms with Crippen molar-refractivity contribution in [3.63, 3.8) is 0 Å². The SMILES string of the molecule is Cc1ccc(-c2ccccc2)cc1CC(=O)N1C2CCC(C2)N1C. The smallest absolute Gasteiger partial charge is 0.241 e. The standard InChI is InChI=1S/C21H24N2O/c1-15-8-9-17(16-6-4-3-5-7-16)12-18(15)13-21(24)23-20-11-10-19(14-20)22(23)2/h3-9,12,19-20H,10-11,13-14H2,1-2H3. The summed E-state index contributed by atoms with van der Waals surface area (Å²) in [6.45, 7) is 2.09. The molecule has 4 rings (SSSR count). The predicted molar refractivity (Wildman–Crippen MR) is 96.4 cm³/mol. The summed E-state index contributed by atoms with van der Waals surface area (Å²) in [6, 6.07) is 17.8. The molecular formula is C21H24N2O. The molecule has 2 bridgehead atoms. The van der Waals surface area contributed by atoms with Crippen molar-refractivity contribution >= 4 is 5.91 Å². The van der Waals surface area contributed by atoms with Gasteiger partial charge in [0.05, 0.1) is 12.5 Å². The van der Waals surface area contributed by atoms with Gasteiger partial charge in [0.2, 0.25) is 5.91 Å². The van der Waals surface area contributed by atoms with Gasteiger partial charge in [0.1, 0.15) is 0 Å². The minimum Gasteiger partial charge on any atom is -0.273 e. The summed E-state index contributed by atoms with van der Waals surface area (Å²) < 4.78 is 0. The summed E-state index contributed by atoms with van der Waals surface area (Å²) in [6.07, 6.45) is 4.02. The molecule has 0 aromatic heterocycles. The summed E-state index contributed by atoms with van der Waals surface area (Å²) >= 11 is 0. The van der Waals surface area contributed by atoms with Gasteiger partial charge in [0, 0.05) is 13.1 Å². The van der Waals surface area contributed by atoms with Crippen molar-refractivity contribution in [2.24, 2.45) is 0 Å². The Hall–Kier alpha value is -2.13. The number of carbonyl (C=O) groups excluding carboxylic acids is 1. The van der Waals surface area contributed by atoms with Crippen molar-refractivity contribution in [3.8, 4) is 11.1 Å². The summed E-state index contributed by atoms with van der Waals surface area (Å²) in [4.78, 5) is 12.9. The highest BCUT2D eigenvalue weighted by Crippen LogP contribution is 2.37. The van der Waals surface area contributed by atoms with E-state index in [1.807, 2.05) is 11.1 Å². The fourth-order valence-corrected chi connectivity index (χ4v) is 4.23. The third-order valence-corrected chi connectivity index (χ3v) is 5.64. The first-order valence-corrected chi connectivity index (χ1v) is 8.83. The number of hydrogen-bond donors (Lipinski definition) is 0. The maximum Gasteiger partial charge on any atom is 0.241 e. The van der Waals surface area contributed by atoms with Crippen LogP contribution in [0.5, 0.6) is 0 Å². The minimum atomic E-state index is 0.234. The number of fused-ring (bicyclic) bond motifs is 2. The molecule has 3 heteroatoms. The Kier molecular flexibility index (Phi) is 3.89. The monoisotopic (exact) mass is 320 g/mol. The highest BCUT2D eigenvalue weighted by Gasteiger charge is 2.44. The number of hydrazine groups is 1. The van der Waals surface area contributed by atoms with Crippen molar-refractivity contribution in [1.29, 1.82) is 0 Å². The molecule has 2 atom stereocenters. The molecule has 3 nitrogen and oxygen atoms in total. The van der Waals surface area contributed by atoms with Gasteiger partial charge in [-0.25, -0.2) is 5.01 Å². The van der Waals surface area contributed by atoms with Crippen LogP contribution in [0.3, 0.4) is 0 Å².